The molecule has 0 amide bonds. The number of nitrogens with one attached hydrogen (secondary N) is 1. The maximum absolute atomic E-state index is 9.70. The van der Waals surface area contributed by atoms with Crippen LogP contribution in [0.2, 0.25) is 0 Å². The van der Waals surface area contributed by atoms with Crippen molar-refractivity contribution < 1.29 is 5.11 Å². The number of hydrogen-bond donors (Lipinski definition) is 2. The Bertz CT molecular complexity index is 366. The highest BCUT2D eigenvalue weighted by Crippen LogP contribution is 2.19. The topological polar surface area (TPSA) is 32.3 Å². The molecule has 0 heterocycles. The zero-order valence-electron chi connectivity index (χ0n) is 11.7. The Kier molecular flexibility index (Phi) is 4.58. The lowest BCUT2D eigenvalue weighted by molar-refractivity contribution is 0.349. The van der Waals surface area contributed by atoms with Crippen molar-refractivity contribution in [2.75, 3.05) is 0 Å². The van der Waals surface area contributed by atoms with Crippen molar-refractivity contribution in [1.82, 2.24) is 5.32 Å². The van der Waals surface area contributed by atoms with E-state index in [0.717, 1.165) is 18.4 Å². The molecular weight excluding hydrogens is 210 g/mol. The molecule has 2 N–H and O–H groups in total. The molecule has 17 heavy (non-hydrogen) atoms. The molecule has 0 aliphatic carbocycles. The fraction of sp³-hybridized carbons (Fsp3) is 0.600. The molecule has 0 radical (unpaired) electrons. The van der Waals surface area contributed by atoms with Crippen LogP contribution >= 0.6 is 0 Å². The Morgan fingerprint density at radius 1 is 1.29 bits per heavy atom. The van der Waals surface area contributed by atoms with Crippen molar-refractivity contribution in [1.29, 1.82) is 0 Å². The first kappa shape index (κ1) is 14.0. The summed E-state index contributed by atoms with van der Waals surface area (Å²) in [5, 5.41) is 13.3. The maximum Gasteiger partial charge on any atom is 0.118 e. The van der Waals surface area contributed by atoms with E-state index < -0.39 is 0 Å². The Labute approximate surface area is 105 Å². The van der Waals surface area contributed by atoms with Gasteiger partial charge in [0.1, 0.15) is 5.75 Å². The predicted octanol–water partition coefficient (Wildman–Crippen LogP) is 3.41. The normalized spacial score (nSPS) is 13.7. The van der Waals surface area contributed by atoms with E-state index in [1.807, 2.05) is 19.1 Å². The quantitative estimate of drug-likeness (QED) is 0.838. The summed E-state index contributed by atoms with van der Waals surface area (Å²) < 4.78 is 0. The first-order chi connectivity index (χ1) is 7.81. The first-order valence-corrected chi connectivity index (χ1v) is 6.38. The van der Waals surface area contributed by atoms with Gasteiger partial charge in [-0.25, -0.2) is 0 Å². The average Bonchev–Trinajstić information content (AvgIpc) is 2.20. The number of benzene rings is 1. The van der Waals surface area contributed by atoms with Gasteiger partial charge >= 0.3 is 0 Å². The van der Waals surface area contributed by atoms with Gasteiger partial charge in [0.05, 0.1) is 0 Å². The second kappa shape index (κ2) is 5.54. The highest BCUT2D eigenvalue weighted by atomic mass is 16.3. The van der Waals surface area contributed by atoms with E-state index in [1.54, 1.807) is 0 Å². The molecule has 1 aromatic rings. The van der Waals surface area contributed by atoms with Gasteiger partial charge < -0.3 is 10.4 Å². The molecule has 0 fully saturated rings. The van der Waals surface area contributed by atoms with E-state index in [-0.39, 0.29) is 5.54 Å². The van der Waals surface area contributed by atoms with Gasteiger partial charge in [0.25, 0.3) is 0 Å². The Hall–Kier alpha value is -1.02. The lowest BCUT2D eigenvalue weighted by atomic mass is 9.99. The number of hydrogen-bond acceptors (Lipinski definition) is 2. The molecule has 0 aliphatic heterocycles. The van der Waals surface area contributed by atoms with Crippen LogP contribution in [0.3, 0.4) is 0 Å². The highest BCUT2D eigenvalue weighted by Gasteiger charge is 2.16. The minimum absolute atomic E-state index is 0.132. The molecule has 2 heteroatoms. The monoisotopic (exact) mass is 235 g/mol. The zero-order chi connectivity index (χ0) is 13.1. The number of rotatable bonds is 4. The van der Waals surface area contributed by atoms with Crippen LogP contribution in [0.15, 0.2) is 18.2 Å². The molecule has 1 aromatic carbocycles. The highest BCUT2D eigenvalue weighted by molar-refractivity contribution is 5.35. The summed E-state index contributed by atoms with van der Waals surface area (Å²) >= 11 is 0. The van der Waals surface area contributed by atoms with Crippen LogP contribution in [0.5, 0.6) is 5.75 Å². The number of aromatic hydroxyl groups is 1. The number of phenolic OH excluding ortho intramolecular Hbond substituents is 1. The van der Waals surface area contributed by atoms with E-state index in [9.17, 15) is 5.11 Å². The van der Waals surface area contributed by atoms with Crippen LogP contribution in [-0.4, -0.2) is 16.7 Å². The zero-order valence-corrected chi connectivity index (χ0v) is 11.7. The second-order valence-corrected chi connectivity index (χ2v) is 5.82. The molecule has 96 valence electrons. The minimum Gasteiger partial charge on any atom is -0.508 e. The summed E-state index contributed by atoms with van der Waals surface area (Å²) in [6, 6.07) is 6.41. The van der Waals surface area contributed by atoms with Crippen LogP contribution in [-0.2, 0) is 6.42 Å². The van der Waals surface area contributed by atoms with Crippen LogP contribution in [0, 0.1) is 6.92 Å². The molecule has 0 bridgehead atoms. The van der Waals surface area contributed by atoms with Crippen LogP contribution in [0.25, 0.3) is 0 Å². The lowest BCUT2D eigenvalue weighted by Gasteiger charge is -2.28. The summed E-state index contributed by atoms with van der Waals surface area (Å²) in [4.78, 5) is 0. The van der Waals surface area contributed by atoms with E-state index in [0.29, 0.717) is 11.8 Å². The van der Waals surface area contributed by atoms with E-state index >= 15 is 0 Å². The molecular formula is C15H25NO. The fourth-order valence-electron chi connectivity index (χ4n) is 1.98. The van der Waals surface area contributed by atoms with Gasteiger partial charge in [-0.3, -0.25) is 0 Å². The van der Waals surface area contributed by atoms with Gasteiger partial charge in [-0.15, -0.1) is 0 Å². The average molecular weight is 235 g/mol. The van der Waals surface area contributed by atoms with Gasteiger partial charge in [0.2, 0.25) is 0 Å². The molecule has 2 nitrogen and oxygen atoms in total. The largest absolute Gasteiger partial charge is 0.508 e. The molecule has 0 saturated carbocycles. The molecule has 1 rings (SSSR count). The Morgan fingerprint density at radius 2 is 1.94 bits per heavy atom. The smallest absolute Gasteiger partial charge is 0.118 e. The summed E-state index contributed by atoms with van der Waals surface area (Å²) in [5.74, 6) is 0.396. The van der Waals surface area contributed by atoms with E-state index in [2.05, 4.69) is 39.1 Å². The van der Waals surface area contributed by atoms with Gasteiger partial charge in [0.15, 0.2) is 0 Å². The standard InChI is InChI=1S/C15H25NO/c1-6-13(16-15(3,4)5)9-12-8-7-11(2)14(17)10-12/h7-8,10,13,16-17H,6,9H2,1-5H3. The third-order valence-electron chi connectivity index (χ3n) is 2.89. The fourth-order valence-corrected chi connectivity index (χ4v) is 1.98. The van der Waals surface area contributed by atoms with Crippen molar-refractivity contribution in [3.63, 3.8) is 0 Å². The predicted molar refractivity (Wildman–Crippen MR) is 73.5 cm³/mol. The molecule has 1 atom stereocenters. The molecule has 0 aromatic heterocycles. The van der Waals surface area contributed by atoms with Gasteiger partial charge in [-0.2, -0.15) is 0 Å². The van der Waals surface area contributed by atoms with Gasteiger partial charge in [-0.1, -0.05) is 19.1 Å². The Balaban J connectivity index is 2.70. The van der Waals surface area contributed by atoms with Crippen molar-refractivity contribution in [2.45, 2.75) is 59.0 Å². The summed E-state index contributed by atoms with van der Waals surface area (Å²) in [6.07, 6.45) is 2.05. The van der Waals surface area contributed by atoms with Crippen molar-refractivity contribution >= 4 is 0 Å². The second-order valence-electron chi connectivity index (χ2n) is 5.82. The molecule has 0 spiro atoms. The van der Waals surface area contributed by atoms with Gasteiger partial charge in [-0.05, 0) is 57.7 Å². The third kappa shape index (κ3) is 4.78. The minimum atomic E-state index is 0.132. The van der Waals surface area contributed by atoms with Crippen molar-refractivity contribution in [3.05, 3.63) is 29.3 Å². The van der Waals surface area contributed by atoms with Gasteiger partial charge in [0, 0.05) is 11.6 Å². The maximum atomic E-state index is 9.70. The Morgan fingerprint density at radius 3 is 2.41 bits per heavy atom. The number of phenols is 1. The lowest BCUT2D eigenvalue weighted by Crippen LogP contribution is -2.44. The summed E-state index contributed by atoms with van der Waals surface area (Å²) in [6.45, 7) is 10.7. The summed E-state index contributed by atoms with van der Waals surface area (Å²) in [5.41, 5.74) is 2.26. The van der Waals surface area contributed by atoms with Crippen LogP contribution in [0.4, 0.5) is 0 Å². The molecule has 0 saturated heterocycles. The number of aryl methyl sites for hydroxylation is 1. The van der Waals surface area contributed by atoms with E-state index in [4.69, 9.17) is 0 Å². The molecule has 0 aliphatic rings. The van der Waals surface area contributed by atoms with Crippen LogP contribution in [0.1, 0.15) is 45.2 Å². The van der Waals surface area contributed by atoms with Crippen molar-refractivity contribution in [2.24, 2.45) is 0 Å². The van der Waals surface area contributed by atoms with Crippen LogP contribution < -0.4 is 5.32 Å². The van der Waals surface area contributed by atoms with E-state index in [1.165, 1.54) is 5.56 Å². The van der Waals surface area contributed by atoms with Crippen molar-refractivity contribution in [3.8, 4) is 5.75 Å². The third-order valence-corrected chi connectivity index (χ3v) is 2.89. The summed E-state index contributed by atoms with van der Waals surface area (Å²) in [7, 11) is 0. The SMILES string of the molecule is CCC(Cc1ccc(C)c(O)c1)NC(C)(C)C. The molecule has 1 unspecified atom stereocenters. The first-order valence-electron chi connectivity index (χ1n) is 6.38.